The van der Waals surface area contributed by atoms with E-state index in [1.165, 1.54) is 17.7 Å². The van der Waals surface area contributed by atoms with E-state index in [0.717, 1.165) is 27.0 Å². The zero-order valence-electron chi connectivity index (χ0n) is 13.3. The van der Waals surface area contributed by atoms with E-state index >= 15 is 0 Å². The van der Waals surface area contributed by atoms with Gasteiger partial charge in [-0.05, 0) is 23.6 Å². The molecule has 0 aliphatic carbocycles. The summed E-state index contributed by atoms with van der Waals surface area (Å²) in [6.45, 7) is 0.370. The average Bonchev–Trinajstić information content (AvgIpc) is 3.11. The zero-order valence-corrected chi connectivity index (χ0v) is 14.2. The van der Waals surface area contributed by atoms with Crippen LogP contribution >= 0.6 is 11.3 Å². The van der Waals surface area contributed by atoms with Crippen LogP contribution in [0.5, 0.6) is 0 Å². The Morgan fingerprint density at radius 1 is 0.960 bits per heavy atom. The lowest BCUT2D eigenvalue weighted by atomic mass is 10.1. The Balaban J connectivity index is 1.48. The van der Waals surface area contributed by atoms with Gasteiger partial charge in [0.1, 0.15) is 6.33 Å². The van der Waals surface area contributed by atoms with Gasteiger partial charge in [0, 0.05) is 10.3 Å². The van der Waals surface area contributed by atoms with Crippen LogP contribution in [0.15, 0.2) is 73.1 Å². The first-order chi connectivity index (χ1) is 12.3. The topological polar surface area (TPSA) is 54.9 Å². The smallest absolute Gasteiger partial charge is 0.261 e. The van der Waals surface area contributed by atoms with Crippen molar-refractivity contribution in [3.8, 4) is 11.3 Å². The Morgan fingerprint density at radius 2 is 1.76 bits per heavy atom. The second-order valence-corrected chi connectivity index (χ2v) is 6.68. The lowest BCUT2D eigenvalue weighted by molar-refractivity contribution is 0.0954. The lowest BCUT2D eigenvalue weighted by Gasteiger charge is -2.05. The summed E-state index contributed by atoms with van der Waals surface area (Å²) in [5, 5.41) is 4.03. The van der Waals surface area contributed by atoms with Crippen molar-refractivity contribution in [1.82, 2.24) is 15.3 Å². The third-order valence-electron chi connectivity index (χ3n) is 3.87. The normalized spacial score (nSPS) is 10.7. The zero-order chi connectivity index (χ0) is 17.1. The van der Waals surface area contributed by atoms with Gasteiger partial charge in [-0.1, -0.05) is 48.5 Å². The van der Waals surface area contributed by atoms with Crippen LogP contribution in [-0.2, 0) is 6.54 Å². The van der Waals surface area contributed by atoms with E-state index in [0.29, 0.717) is 11.4 Å². The van der Waals surface area contributed by atoms with Gasteiger partial charge in [-0.25, -0.2) is 9.97 Å². The third kappa shape index (κ3) is 3.41. The summed E-state index contributed by atoms with van der Waals surface area (Å²) in [6, 6.07) is 21.7. The molecule has 1 N–H and O–H groups in total. The molecule has 4 rings (SSSR count). The fourth-order valence-corrected chi connectivity index (χ4v) is 3.59. The fraction of sp³-hybridized carbons (Fsp3) is 0.0500. The number of rotatable bonds is 4. The van der Waals surface area contributed by atoms with E-state index in [4.69, 9.17) is 0 Å². The Bertz CT molecular complexity index is 994. The standard InChI is InChI=1S/C20H15N3OS/c24-20(19-10-15-8-4-5-9-18(15)25-19)21-12-16-11-17(23-13-22-16)14-6-2-1-3-7-14/h1-11,13H,12H2,(H,21,24). The molecule has 2 aromatic carbocycles. The minimum Gasteiger partial charge on any atom is -0.346 e. The SMILES string of the molecule is O=C(NCc1cc(-c2ccccc2)ncn1)c1cc2ccccc2s1. The van der Waals surface area contributed by atoms with E-state index in [1.54, 1.807) is 0 Å². The van der Waals surface area contributed by atoms with Crippen LogP contribution in [0.2, 0.25) is 0 Å². The molecule has 0 unspecified atom stereocenters. The van der Waals surface area contributed by atoms with Crippen LogP contribution in [0.25, 0.3) is 21.3 Å². The molecule has 0 fully saturated rings. The van der Waals surface area contributed by atoms with E-state index in [9.17, 15) is 4.79 Å². The number of carbonyl (C=O) groups excluding carboxylic acids is 1. The third-order valence-corrected chi connectivity index (χ3v) is 4.99. The number of fused-ring (bicyclic) bond motifs is 1. The molecule has 122 valence electrons. The van der Waals surface area contributed by atoms with Crippen molar-refractivity contribution in [3.05, 3.63) is 83.6 Å². The fourth-order valence-electron chi connectivity index (χ4n) is 2.61. The molecular weight excluding hydrogens is 330 g/mol. The highest BCUT2D eigenvalue weighted by Gasteiger charge is 2.10. The van der Waals surface area contributed by atoms with Crippen molar-refractivity contribution in [2.75, 3.05) is 0 Å². The molecule has 2 aromatic heterocycles. The van der Waals surface area contributed by atoms with Crippen molar-refractivity contribution < 1.29 is 4.79 Å². The first-order valence-electron chi connectivity index (χ1n) is 7.93. The highest BCUT2D eigenvalue weighted by molar-refractivity contribution is 7.20. The van der Waals surface area contributed by atoms with Gasteiger partial charge in [-0.2, -0.15) is 0 Å². The predicted octanol–water partition coefficient (Wildman–Crippen LogP) is 4.29. The van der Waals surface area contributed by atoms with Crippen LogP contribution in [0.1, 0.15) is 15.4 Å². The first kappa shape index (κ1) is 15.5. The minimum atomic E-state index is -0.0823. The number of nitrogens with one attached hydrogen (secondary N) is 1. The number of amides is 1. The Labute approximate surface area is 149 Å². The summed E-state index contributed by atoms with van der Waals surface area (Å²) in [4.78, 5) is 21.7. The lowest BCUT2D eigenvalue weighted by Crippen LogP contribution is -2.22. The molecule has 2 heterocycles. The summed E-state index contributed by atoms with van der Waals surface area (Å²) in [7, 11) is 0. The van der Waals surface area contributed by atoms with Crippen LogP contribution in [0.4, 0.5) is 0 Å². The molecule has 5 heteroatoms. The van der Waals surface area contributed by atoms with E-state index in [-0.39, 0.29) is 5.91 Å². The molecule has 1 amide bonds. The maximum atomic E-state index is 12.4. The molecule has 0 spiro atoms. The van der Waals surface area contributed by atoms with Gasteiger partial charge in [0.05, 0.1) is 22.8 Å². The number of carbonyl (C=O) groups is 1. The molecule has 25 heavy (non-hydrogen) atoms. The summed E-state index contributed by atoms with van der Waals surface area (Å²) < 4.78 is 1.11. The summed E-state index contributed by atoms with van der Waals surface area (Å²) in [6.07, 6.45) is 1.53. The van der Waals surface area contributed by atoms with Crippen LogP contribution in [0, 0.1) is 0 Å². The van der Waals surface area contributed by atoms with Crippen LogP contribution in [-0.4, -0.2) is 15.9 Å². The average molecular weight is 345 g/mol. The van der Waals surface area contributed by atoms with Gasteiger partial charge in [0.25, 0.3) is 5.91 Å². The second kappa shape index (κ2) is 6.83. The monoisotopic (exact) mass is 345 g/mol. The number of aromatic nitrogens is 2. The maximum Gasteiger partial charge on any atom is 0.261 e. The summed E-state index contributed by atoms with van der Waals surface area (Å²) in [5.74, 6) is -0.0823. The van der Waals surface area contributed by atoms with Gasteiger partial charge < -0.3 is 5.32 Å². The van der Waals surface area contributed by atoms with E-state index in [1.807, 2.05) is 66.7 Å². The quantitative estimate of drug-likeness (QED) is 0.600. The molecule has 0 aliphatic rings. The Hall–Kier alpha value is -3.05. The second-order valence-electron chi connectivity index (χ2n) is 5.59. The van der Waals surface area contributed by atoms with Crippen molar-refractivity contribution in [1.29, 1.82) is 0 Å². The molecular formula is C20H15N3OS. The number of hydrogen-bond donors (Lipinski definition) is 1. The van der Waals surface area contributed by atoms with Gasteiger partial charge in [0.15, 0.2) is 0 Å². The molecule has 0 saturated carbocycles. The van der Waals surface area contributed by atoms with Gasteiger partial charge in [-0.3, -0.25) is 4.79 Å². The molecule has 0 atom stereocenters. The van der Waals surface area contributed by atoms with Crippen molar-refractivity contribution in [2.45, 2.75) is 6.54 Å². The Morgan fingerprint density at radius 3 is 2.60 bits per heavy atom. The van der Waals surface area contributed by atoms with Crippen molar-refractivity contribution >= 4 is 27.3 Å². The van der Waals surface area contributed by atoms with Gasteiger partial charge >= 0.3 is 0 Å². The minimum absolute atomic E-state index is 0.0823. The van der Waals surface area contributed by atoms with Crippen LogP contribution in [0.3, 0.4) is 0 Å². The van der Waals surface area contributed by atoms with Gasteiger partial charge in [0.2, 0.25) is 0 Å². The number of benzene rings is 2. The number of hydrogen-bond acceptors (Lipinski definition) is 4. The van der Waals surface area contributed by atoms with Crippen molar-refractivity contribution in [3.63, 3.8) is 0 Å². The number of nitrogens with zero attached hydrogens (tertiary/aromatic N) is 2. The Kier molecular flexibility index (Phi) is 4.23. The van der Waals surface area contributed by atoms with Gasteiger partial charge in [-0.15, -0.1) is 11.3 Å². The molecule has 4 nitrogen and oxygen atoms in total. The molecule has 0 bridgehead atoms. The van der Waals surface area contributed by atoms with Crippen molar-refractivity contribution in [2.24, 2.45) is 0 Å². The van der Waals surface area contributed by atoms with Crippen LogP contribution < -0.4 is 5.32 Å². The highest BCUT2D eigenvalue weighted by atomic mass is 32.1. The largest absolute Gasteiger partial charge is 0.346 e. The maximum absolute atomic E-state index is 12.4. The first-order valence-corrected chi connectivity index (χ1v) is 8.74. The summed E-state index contributed by atoms with van der Waals surface area (Å²) >= 11 is 1.50. The molecule has 0 radical (unpaired) electrons. The molecule has 4 aromatic rings. The number of thiophene rings is 1. The van der Waals surface area contributed by atoms with E-state index in [2.05, 4.69) is 15.3 Å². The molecule has 0 aliphatic heterocycles. The highest BCUT2D eigenvalue weighted by Crippen LogP contribution is 2.25. The molecule has 0 saturated heterocycles. The summed E-state index contributed by atoms with van der Waals surface area (Å²) in [5.41, 5.74) is 2.66. The predicted molar refractivity (Wildman–Crippen MR) is 100 cm³/mol. The van der Waals surface area contributed by atoms with E-state index < -0.39 is 0 Å².